The highest BCUT2D eigenvalue weighted by Crippen LogP contribution is 2.20. The van der Waals surface area contributed by atoms with Crippen LogP contribution < -0.4 is 10.6 Å². The Bertz CT molecular complexity index is 464. The molecule has 0 radical (unpaired) electrons. The molecule has 0 saturated heterocycles. The molecular weight excluding hydrogens is 272 g/mol. The average molecular weight is 294 g/mol. The van der Waals surface area contributed by atoms with Crippen LogP contribution in [0.1, 0.15) is 25.8 Å². The summed E-state index contributed by atoms with van der Waals surface area (Å²) in [5.74, 6) is -1.12. The third kappa shape index (κ3) is 5.07. The molecular formula is C15H22N2O4. The fourth-order valence-corrected chi connectivity index (χ4v) is 1.77. The normalized spacial score (nSPS) is 13.2. The third-order valence-electron chi connectivity index (χ3n) is 3.02. The van der Waals surface area contributed by atoms with E-state index in [4.69, 9.17) is 4.74 Å². The number of urea groups is 1. The molecule has 0 aromatic heterocycles. The number of benzene rings is 1. The molecule has 0 bridgehead atoms. The van der Waals surface area contributed by atoms with Crippen molar-refractivity contribution < 1.29 is 19.4 Å². The van der Waals surface area contributed by atoms with E-state index in [1.54, 1.807) is 30.3 Å². The average Bonchev–Trinajstić information content (AvgIpc) is 2.47. The molecule has 1 atom stereocenters. The first kappa shape index (κ1) is 17.0. The Kier molecular flexibility index (Phi) is 6.68. The van der Waals surface area contributed by atoms with Crippen LogP contribution in [0.4, 0.5) is 4.79 Å². The van der Waals surface area contributed by atoms with E-state index in [1.807, 2.05) is 6.92 Å². The van der Waals surface area contributed by atoms with Gasteiger partial charge in [-0.15, -0.1) is 0 Å². The minimum Gasteiger partial charge on any atom is -0.479 e. The largest absolute Gasteiger partial charge is 0.479 e. The maximum Gasteiger partial charge on any atom is 0.333 e. The van der Waals surface area contributed by atoms with Gasteiger partial charge in [-0.2, -0.15) is 0 Å². The van der Waals surface area contributed by atoms with Crippen molar-refractivity contribution in [3.63, 3.8) is 0 Å². The summed E-state index contributed by atoms with van der Waals surface area (Å²) in [6, 6.07) is 8.04. The van der Waals surface area contributed by atoms with Gasteiger partial charge < -0.3 is 20.5 Å². The molecule has 0 heterocycles. The lowest BCUT2D eigenvalue weighted by atomic mass is 9.92. The second kappa shape index (κ2) is 8.26. The Morgan fingerprint density at radius 3 is 2.48 bits per heavy atom. The molecule has 116 valence electrons. The zero-order valence-electron chi connectivity index (χ0n) is 12.4. The number of rotatable bonds is 8. The van der Waals surface area contributed by atoms with Crippen molar-refractivity contribution in [3.8, 4) is 0 Å². The summed E-state index contributed by atoms with van der Waals surface area (Å²) in [6.07, 6.45) is 0.914. The van der Waals surface area contributed by atoms with Crippen LogP contribution in [0.25, 0.3) is 0 Å². The zero-order chi connectivity index (χ0) is 15.7. The Labute approximate surface area is 124 Å². The molecule has 0 saturated carbocycles. The van der Waals surface area contributed by atoms with Gasteiger partial charge in [0.15, 0.2) is 5.54 Å². The third-order valence-corrected chi connectivity index (χ3v) is 3.02. The van der Waals surface area contributed by atoms with Crippen LogP contribution in [0, 0.1) is 0 Å². The molecule has 0 spiro atoms. The molecule has 0 aliphatic carbocycles. The molecule has 2 amide bonds. The Morgan fingerprint density at radius 2 is 1.90 bits per heavy atom. The van der Waals surface area contributed by atoms with Gasteiger partial charge in [0.2, 0.25) is 0 Å². The summed E-state index contributed by atoms with van der Waals surface area (Å²) in [7, 11) is 0. The van der Waals surface area contributed by atoms with E-state index in [-0.39, 0.29) is 0 Å². The van der Waals surface area contributed by atoms with E-state index in [2.05, 4.69) is 10.6 Å². The monoisotopic (exact) mass is 294 g/mol. The molecule has 6 heteroatoms. The fraction of sp³-hybridized carbons (Fsp3) is 0.467. The summed E-state index contributed by atoms with van der Waals surface area (Å²) in [5.41, 5.74) is -0.967. The number of carboxylic acid groups (broad SMARTS) is 1. The molecule has 6 nitrogen and oxygen atoms in total. The Balaban J connectivity index is 2.59. The second-order valence-corrected chi connectivity index (χ2v) is 4.79. The lowest BCUT2D eigenvalue weighted by Crippen LogP contribution is -2.53. The highest BCUT2D eigenvalue weighted by molar-refractivity contribution is 5.87. The SMILES string of the molecule is CCCOCCNC(=O)NC(C)(C(=O)O)c1ccccc1. The van der Waals surface area contributed by atoms with E-state index in [9.17, 15) is 14.7 Å². The maximum absolute atomic E-state index is 11.8. The van der Waals surface area contributed by atoms with Gasteiger partial charge in [0, 0.05) is 13.2 Å². The molecule has 1 unspecified atom stereocenters. The second-order valence-electron chi connectivity index (χ2n) is 4.79. The van der Waals surface area contributed by atoms with Crippen LogP contribution in [-0.4, -0.2) is 36.9 Å². The van der Waals surface area contributed by atoms with Gasteiger partial charge in [-0.25, -0.2) is 9.59 Å². The van der Waals surface area contributed by atoms with Gasteiger partial charge in [0.05, 0.1) is 6.61 Å². The number of hydrogen-bond acceptors (Lipinski definition) is 3. The van der Waals surface area contributed by atoms with Crippen LogP contribution >= 0.6 is 0 Å². The minimum absolute atomic E-state index is 0.330. The highest BCUT2D eigenvalue weighted by Gasteiger charge is 2.36. The molecule has 0 aliphatic heterocycles. The van der Waals surface area contributed by atoms with Crippen molar-refractivity contribution in [2.75, 3.05) is 19.8 Å². The number of ether oxygens (including phenoxy) is 1. The summed E-state index contributed by atoms with van der Waals surface area (Å²) < 4.78 is 5.24. The number of hydrogen-bond donors (Lipinski definition) is 3. The van der Waals surface area contributed by atoms with Crippen LogP contribution in [0.15, 0.2) is 30.3 Å². The number of carbonyl (C=O) groups is 2. The summed E-state index contributed by atoms with van der Waals surface area (Å²) in [5, 5.41) is 14.5. The zero-order valence-corrected chi connectivity index (χ0v) is 12.4. The molecule has 0 aliphatic rings. The lowest BCUT2D eigenvalue weighted by Gasteiger charge is -2.26. The van der Waals surface area contributed by atoms with E-state index >= 15 is 0 Å². The standard InChI is InChI=1S/C15H22N2O4/c1-3-10-21-11-9-16-14(20)17-15(2,13(18)19)12-7-5-4-6-8-12/h4-8H,3,9-11H2,1-2H3,(H,18,19)(H2,16,17,20). The van der Waals surface area contributed by atoms with Crippen molar-refractivity contribution in [3.05, 3.63) is 35.9 Å². The van der Waals surface area contributed by atoms with Crippen molar-refractivity contribution in [1.82, 2.24) is 10.6 Å². The van der Waals surface area contributed by atoms with Crippen LogP contribution in [0.5, 0.6) is 0 Å². The Morgan fingerprint density at radius 1 is 1.24 bits per heavy atom. The van der Waals surface area contributed by atoms with E-state index in [0.717, 1.165) is 6.42 Å². The van der Waals surface area contributed by atoms with Crippen molar-refractivity contribution in [1.29, 1.82) is 0 Å². The van der Waals surface area contributed by atoms with Crippen LogP contribution in [0.2, 0.25) is 0 Å². The molecule has 1 aromatic rings. The molecule has 0 fully saturated rings. The number of carbonyl (C=O) groups excluding carboxylic acids is 1. The quantitative estimate of drug-likeness (QED) is 0.637. The smallest absolute Gasteiger partial charge is 0.333 e. The van der Waals surface area contributed by atoms with Crippen LogP contribution in [-0.2, 0) is 15.1 Å². The summed E-state index contributed by atoms with van der Waals surface area (Å²) in [6.45, 7) is 4.82. The molecule has 3 N–H and O–H groups in total. The minimum atomic E-state index is -1.48. The highest BCUT2D eigenvalue weighted by atomic mass is 16.5. The number of nitrogens with one attached hydrogen (secondary N) is 2. The van der Waals surface area contributed by atoms with E-state index in [0.29, 0.717) is 25.3 Å². The van der Waals surface area contributed by atoms with Gasteiger partial charge >= 0.3 is 12.0 Å². The van der Waals surface area contributed by atoms with Crippen LogP contribution in [0.3, 0.4) is 0 Å². The van der Waals surface area contributed by atoms with Crippen molar-refractivity contribution in [2.45, 2.75) is 25.8 Å². The van der Waals surface area contributed by atoms with Gasteiger partial charge in [-0.05, 0) is 18.9 Å². The number of amides is 2. The van der Waals surface area contributed by atoms with Gasteiger partial charge in [-0.3, -0.25) is 0 Å². The predicted molar refractivity (Wildman–Crippen MR) is 79.1 cm³/mol. The van der Waals surface area contributed by atoms with Gasteiger partial charge in [-0.1, -0.05) is 37.3 Å². The van der Waals surface area contributed by atoms with E-state index in [1.165, 1.54) is 6.92 Å². The van der Waals surface area contributed by atoms with Gasteiger partial charge in [0.25, 0.3) is 0 Å². The molecule has 1 rings (SSSR count). The van der Waals surface area contributed by atoms with Gasteiger partial charge in [0.1, 0.15) is 0 Å². The fourth-order valence-electron chi connectivity index (χ4n) is 1.77. The number of aliphatic carboxylic acids is 1. The lowest BCUT2D eigenvalue weighted by molar-refractivity contribution is -0.144. The summed E-state index contributed by atoms with van der Waals surface area (Å²) in [4.78, 5) is 23.3. The van der Waals surface area contributed by atoms with Crippen molar-refractivity contribution in [2.24, 2.45) is 0 Å². The van der Waals surface area contributed by atoms with Crippen molar-refractivity contribution >= 4 is 12.0 Å². The first-order valence-corrected chi connectivity index (χ1v) is 6.93. The molecule has 1 aromatic carbocycles. The number of carboxylic acids is 1. The van der Waals surface area contributed by atoms with E-state index < -0.39 is 17.5 Å². The molecule has 21 heavy (non-hydrogen) atoms. The first-order chi connectivity index (χ1) is 10.0. The Hall–Kier alpha value is -2.08. The predicted octanol–water partition coefficient (Wildman–Crippen LogP) is 1.71. The first-order valence-electron chi connectivity index (χ1n) is 6.93. The topological polar surface area (TPSA) is 87.7 Å². The maximum atomic E-state index is 11.8. The summed E-state index contributed by atoms with van der Waals surface area (Å²) >= 11 is 0.